The first-order chi connectivity index (χ1) is 7.30. The summed E-state index contributed by atoms with van der Waals surface area (Å²) in [7, 11) is 0. The Kier molecular flexibility index (Phi) is 2.08. The summed E-state index contributed by atoms with van der Waals surface area (Å²) in [6, 6.07) is 6.83. The molecule has 2 heteroatoms. The van der Waals surface area contributed by atoms with Crippen LogP contribution < -0.4 is 5.32 Å². The molecule has 0 amide bonds. The average Bonchev–Trinajstić information content (AvgIpc) is 2.35. The predicted octanol–water partition coefficient (Wildman–Crippen LogP) is 1.76. The zero-order chi connectivity index (χ0) is 10.3. The van der Waals surface area contributed by atoms with E-state index in [-0.39, 0.29) is 5.54 Å². The lowest BCUT2D eigenvalue weighted by Gasteiger charge is -2.42. The molecule has 0 aromatic heterocycles. The number of hydrogen-bond donors (Lipinski definition) is 1. The van der Waals surface area contributed by atoms with Crippen LogP contribution in [0.4, 0.5) is 0 Å². The van der Waals surface area contributed by atoms with Crippen molar-refractivity contribution in [3.63, 3.8) is 0 Å². The molecule has 0 bridgehead atoms. The minimum atomic E-state index is 0.138. The van der Waals surface area contributed by atoms with Crippen LogP contribution in [0.15, 0.2) is 18.2 Å². The fourth-order valence-corrected chi connectivity index (χ4v) is 2.66. The molecule has 1 spiro atoms. The highest BCUT2D eigenvalue weighted by molar-refractivity contribution is 5.39. The summed E-state index contributed by atoms with van der Waals surface area (Å²) < 4.78 is 5.40. The molecule has 0 unspecified atom stereocenters. The number of fused-ring (bicyclic) bond motifs is 2. The van der Waals surface area contributed by atoms with Gasteiger partial charge in [0, 0.05) is 0 Å². The third kappa shape index (κ3) is 1.40. The van der Waals surface area contributed by atoms with Crippen molar-refractivity contribution in [3.8, 4) is 0 Å². The van der Waals surface area contributed by atoms with Gasteiger partial charge in [-0.25, -0.2) is 0 Å². The maximum atomic E-state index is 5.40. The highest BCUT2D eigenvalue weighted by Crippen LogP contribution is 2.34. The van der Waals surface area contributed by atoms with E-state index in [9.17, 15) is 0 Å². The Labute approximate surface area is 90.6 Å². The number of hydrogen-bond acceptors (Lipinski definition) is 2. The number of aryl methyl sites for hydroxylation is 2. The summed E-state index contributed by atoms with van der Waals surface area (Å²) in [5, 5.41) is 3.65. The van der Waals surface area contributed by atoms with Gasteiger partial charge in [-0.3, -0.25) is 0 Å². The minimum absolute atomic E-state index is 0.138. The molecule has 2 aliphatic heterocycles. The van der Waals surface area contributed by atoms with Gasteiger partial charge in [-0.05, 0) is 37.4 Å². The zero-order valence-corrected chi connectivity index (χ0v) is 9.18. The second kappa shape index (κ2) is 3.32. The fourth-order valence-electron chi connectivity index (χ4n) is 2.66. The third-order valence-corrected chi connectivity index (χ3v) is 3.56. The largest absolute Gasteiger partial charge is 0.377 e. The quantitative estimate of drug-likeness (QED) is 0.693. The smallest absolute Gasteiger partial charge is 0.0911 e. The van der Waals surface area contributed by atoms with E-state index in [1.165, 1.54) is 29.5 Å². The molecular formula is C13H17NO. The molecule has 1 aromatic carbocycles. The van der Waals surface area contributed by atoms with Crippen LogP contribution in [0.3, 0.4) is 0 Å². The average molecular weight is 203 g/mol. The van der Waals surface area contributed by atoms with Crippen LogP contribution in [-0.4, -0.2) is 19.8 Å². The van der Waals surface area contributed by atoms with E-state index in [0.29, 0.717) is 0 Å². The van der Waals surface area contributed by atoms with Crippen LogP contribution in [0.2, 0.25) is 0 Å². The van der Waals surface area contributed by atoms with Gasteiger partial charge < -0.3 is 10.1 Å². The van der Waals surface area contributed by atoms with E-state index in [4.69, 9.17) is 4.74 Å². The van der Waals surface area contributed by atoms with Crippen LogP contribution in [0.25, 0.3) is 0 Å². The van der Waals surface area contributed by atoms with Gasteiger partial charge in [0.15, 0.2) is 0 Å². The van der Waals surface area contributed by atoms with Crippen molar-refractivity contribution in [2.45, 2.75) is 25.3 Å². The van der Waals surface area contributed by atoms with E-state index in [0.717, 1.165) is 19.8 Å². The second-order valence-electron chi connectivity index (χ2n) is 4.77. The highest BCUT2D eigenvalue weighted by atomic mass is 16.5. The van der Waals surface area contributed by atoms with E-state index in [1.54, 1.807) is 0 Å². The lowest BCUT2D eigenvalue weighted by atomic mass is 9.84. The summed E-state index contributed by atoms with van der Waals surface area (Å²) >= 11 is 0. The van der Waals surface area contributed by atoms with E-state index < -0.39 is 0 Å². The van der Waals surface area contributed by atoms with Crippen molar-refractivity contribution in [2.75, 3.05) is 19.8 Å². The van der Waals surface area contributed by atoms with E-state index >= 15 is 0 Å². The van der Waals surface area contributed by atoms with Crippen LogP contribution >= 0.6 is 0 Å². The van der Waals surface area contributed by atoms with E-state index in [1.807, 2.05) is 0 Å². The van der Waals surface area contributed by atoms with E-state index in [2.05, 4.69) is 30.4 Å². The standard InChI is InChI=1S/C13H17NO/c1-10-4-5-12-11(7-10)3-2-6-14-13(12)8-15-9-13/h4-5,7,14H,2-3,6,8-9H2,1H3. The van der Waals surface area contributed by atoms with Gasteiger partial charge in [0.05, 0.1) is 18.8 Å². The summed E-state index contributed by atoms with van der Waals surface area (Å²) in [6.07, 6.45) is 2.43. The molecule has 0 radical (unpaired) electrons. The van der Waals surface area contributed by atoms with Crippen molar-refractivity contribution in [1.82, 2.24) is 5.32 Å². The third-order valence-electron chi connectivity index (χ3n) is 3.56. The molecule has 0 aliphatic carbocycles. The maximum absolute atomic E-state index is 5.40. The van der Waals surface area contributed by atoms with Gasteiger partial charge in [0.2, 0.25) is 0 Å². The summed E-state index contributed by atoms with van der Waals surface area (Å²) in [5.74, 6) is 0. The molecule has 1 fully saturated rings. The van der Waals surface area contributed by atoms with Crippen LogP contribution in [-0.2, 0) is 16.7 Å². The molecule has 1 N–H and O–H groups in total. The molecule has 2 aliphatic rings. The van der Waals surface area contributed by atoms with Crippen molar-refractivity contribution < 1.29 is 4.74 Å². The van der Waals surface area contributed by atoms with Crippen LogP contribution in [0.5, 0.6) is 0 Å². The maximum Gasteiger partial charge on any atom is 0.0911 e. The molecule has 1 saturated heterocycles. The SMILES string of the molecule is Cc1ccc2c(c1)CCCNC21COC1. The first kappa shape index (κ1) is 9.37. The lowest BCUT2D eigenvalue weighted by molar-refractivity contribution is -0.0775. The Hall–Kier alpha value is -0.860. The molecule has 0 atom stereocenters. The molecule has 2 heterocycles. The Morgan fingerprint density at radius 2 is 2.20 bits per heavy atom. The van der Waals surface area contributed by atoms with Gasteiger partial charge in [-0.2, -0.15) is 0 Å². The number of ether oxygens (including phenoxy) is 1. The summed E-state index contributed by atoms with van der Waals surface area (Å²) in [4.78, 5) is 0. The van der Waals surface area contributed by atoms with Crippen LogP contribution in [0.1, 0.15) is 23.1 Å². The van der Waals surface area contributed by atoms with Gasteiger partial charge in [-0.1, -0.05) is 23.8 Å². The first-order valence-electron chi connectivity index (χ1n) is 5.73. The topological polar surface area (TPSA) is 21.3 Å². The Morgan fingerprint density at radius 3 is 2.93 bits per heavy atom. The molecule has 80 valence electrons. The highest BCUT2D eigenvalue weighted by Gasteiger charge is 2.41. The Bertz CT molecular complexity index is 382. The van der Waals surface area contributed by atoms with Gasteiger partial charge in [0.1, 0.15) is 0 Å². The first-order valence-corrected chi connectivity index (χ1v) is 5.73. The minimum Gasteiger partial charge on any atom is -0.377 e. The normalized spacial score (nSPS) is 23.0. The lowest BCUT2D eigenvalue weighted by Crippen LogP contribution is -2.57. The predicted molar refractivity (Wildman–Crippen MR) is 60.0 cm³/mol. The molecule has 0 saturated carbocycles. The van der Waals surface area contributed by atoms with Crippen molar-refractivity contribution in [3.05, 3.63) is 34.9 Å². The molecular weight excluding hydrogens is 186 g/mol. The van der Waals surface area contributed by atoms with Gasteiger partial charge >= 0.3 is 0 Å². The zero-order valence-electron chi connectivity index (χ0n) is 9.18. The monoisotopic (exact) mass is 203 g/mol. The van der Waals surface area contributed by atoms with Crippen molar-refractivity contribution in [1.29, 1.82) is 0 Å². The summed E-state index contributed by atoms with van der Waals surface area (Å²) in [5.41, 5.74) is 4.49. The molecule has 1 aromatic rings. The summed E-state index contributed by atoms with van der Waals surface area (Å²) in [6.45, 7) is 4.95. The van der Waals surface area contributed by atoms with Crippen LogP contribution in [0, 0.1) is 6.92 Å². The van der Waals surface area contributed by atoms with Gasteiger partial charge in [0.25, 0.3) is 0 Å². The Morgan fingerprint density at radius 1 is 1.33 bits per heavy atom. The molecule has 2 nitrogen and oxygen atoms in total. The number of rotatable bonds is 0. The number of benzene rings is 1. The number of nitrogens with one attached hydrogen (secondary N) is 1. The van der Waals surface area contributed by atoms with Gasteiger partial charge in [-0.15, -0.1) is 0 Å². The molecule has 15 heavy (non-hydrogen) atoms. The second-order valence-corrected chi connectivity index (χ2v) is 4.77. The molecule has 3 rings (SSSR count). The Balaban J connectivity index is 2.09. The fraction of sp³-hybridized carbons (Fsp3) is 0.538. The van der Waals surface area contributed by atoms with Crippen molar-refractivity contribution >= 4 is 0 Å². The van der Waals surface area contributed by atoms with Crippen molar-refractivity contribution in [2.24, 2.45) is 0 Å².